The maximum Gasteiger partial charge on any atom is 0.255 e. The summed E-state index contributed by atoms with van der Waals surface area (Å²) in [6.07, 6.45) is 3.94. The molecule has 0 radical (unpaired) electrons. The quantitative estimate of drug-likeness (QED) is 0.736. The number of hydrogen-bond acceptors (Lipinski definition) is 5. The van der Waals surface area contributed by atoms with Crippen LogP contribution in [0.1, 0.15) is 47.8 Å². The van der Waals surface area contributed by atoms with E-state index in [0.717, 1.165) is 12.8 Å². The third-order valence-corrected chi connectivity index (χ3v) is 6.74. The second-order valence-electron chi connectivity index (χ2n) is 8.29. The van der Waals surface area contributed by atoms with E-state index in [1.807, 2.05) is 0 Å². The molecule has 166 valence electrons. The Bertz CT molecular complexity index is 917. The summed E-state index contributed by atoms with van der Waals surface area (Å²) in [6.45, 7) is 0.445. The second kappa shape index (κ2) is 9.02. The zero-order valence-corrected chi connectivity index (χ0v) is 18.0. The van der Waals surface area contributed by atoms with Crippen molar-refractivity contribution in [1.82, 2.24) is 9.80 Å². The summed E-state index contributed by atoms with van der Waals surface area (Å²) in [5.74, 6) is -0.272. The molecule has 2 fully saturated rings. The molecule has 2 amide bonds. The molecule has 8 heteroatoms. The zero-order valence-electron chi connectivity index (χ0n) is 17.2. The number of furan rings is 1. The normalized spacial score (nSPS) is 26.5. The predicted molar refractivity (Wildman–Crippen MR) is 115 cm³/mol. The fourth-order valence-electron chi connectivity index (χ4n) is 5.13. The van der Waals surface area contributed by atoms with Crippen LogP contribution in [0.25, 0.3) is 0 Å². The van der Waals surface area contributed by atoms with E-state index in [9.17, 15) is 19.8 Å². The first-order chi connectivity index (χ1) is 15.0. The van der Waals surface area contributed by atoms with Crippen LogP contribution in [0.3, 0.4) is 0 Å². The third kappa shape index (κ3) is 3.86. The van der Waals surface area contributed by atoms with Gasteiger partial charge < -0.3 is 24.4 Å². The van der Waals surface area contributed by atoms with E-state index in [1.54, 1.807) is 46.2 Å². The first-order valence-corrected chi connectivity index (χ1v) is 11.0. The molecular weight excluding hydrogens is 420 g/mol. The van der Waals surface area contributed by atoms with Crippen molar-refractivity contribution in [1.29, 1.82) is 0 Å². The highest BCUT2D eigenvalue weighted by Crippen LogP contribution is 2.51. The molecule has 3 heterocycles. The zero-order chi connectivity index (χ0) is 22.0. The van der Waals surface area contributed by atoms with Crippen LogP contribution in [0, 0.1) is 5.92 Å². The highest BCUT2D eigenvalue weighted by Gasteiger charge is 2.60. The van der Waals surface area contributed by atoms with Gasteiger partial charge in [0.25, 0.3) is 5.91 Å². The molecule has 7 nitrogen and oxygen atoms in total. The summed E-state index contributed by atoms with van der Waals surface area (Å²) < 4.78 is 5.67. The number of halogens is 1. The molecule has 0 saturated carbocycles. The van der Waals surface area contributed by atoms with Gasteiger partial charge in [-0.1, -0.05) is 11.6 Å². The molecule has 2 saturated heterocycles. The molecule has 4 rings (SSSR count). The molecule has 0 unspecified atom stereocenters. The third-order valence-electron chi connectivity index (χ3n) is 6.49. The van der Waals surface area contributed by atoms with Crippen LogP contribution in [0.15, 0.2) is 47.1 Å². The number of β-amino-alcohol motifs (C(OH)–C–C–N with tert-alkyl or cyclic N) is 1. The van der Waals surface area contributed by atoms with Crippen molar-refractivity contribution in [3.8, 4) is 0 Å². The maximum absolute atomic E-state index is 13.9. The van der Waals surface area contributed by atoms with Gasteiger partial charge in [-0.3, -0.25) is 9.59 Å². The SMILES string of the molecule is O=C(c1ccc(Cl)cc1)N1[C@@H](c2ccco2)[C@@H](CO)C[C@]12CCCCN(CCO)C2=O. The number of aliphatic hydroxyl groups is 2. The van der Waals surface area contributed by atoms with Gasteiger partial charge >= 0.3 is 0 Å². The van der Waals surface area contributed by atoms with Gasteiger partial charge in [-0.25, -0.2) is 0 Å². The number of benzene rings is 1. The van der Waals surface area contributed by atoms with Crippen LogP contribution in [-0.4, -0.2) is 63.7 Å². The largest absolute Gasteiger partial charge is 0.467 e. The lowest BCUT2D eigenvalue weighted by atomic mass is 9.86. The molecule has 2 N–H and O–H groups in total. The summed E-state index contributed by atoms with van der Waals surface area (Å²) >= 11 is 6.01. The number of carbonyl (C=O) groups excluding carboxylic acids is 2. The molecular formula is C23H27ClN2O5. The van der Waals surface area contributed by atoms with Crippen LogP contribution < -0.4 is 0 Å². The first-order valence-electron chi connectivity index (χ1n) is 10.7. The number of aliphatic hydroxyl groups excluding tert-OH is 2. The minimum absolute atomic E-state index is 0.141. The van der Waals surface area contributed by atoms with E-state index >= 15 is 0 Å². The Balaban J connectivity index is 1.84. The predicted octanol–water partition coefficient (Wildman–Crippen LogP) is 2.87. The van der Waals surface area contributed by atoms with E-state index in [-0.39, 0.29) is 37.5 Å². The molecule has 31 heavy (non-hydrogen) atoms. The van der Waals surface area contributed by atoms with E-state index < -0.39 is 11.6 Å². The van der Waals surface area contributed by atoms with Crippen LogP contribution >= 0.6 is 11.6 Å². The van der Waals surface area contributed by atoms with Crippen molar-refractivity contribution in [2.24, 2.45) is 5.92 Å². The lowest BCUT2D eigenvalue weighted by Crippen LogP contribution is -2.58. The topological polar surface area (TPSA) is 94.2 Å². The van der Waals surface area contributed by atoms with E-state index in [0.29, 0.717) is 35.7 Å². The monoisotopic (exact) mass is 446 g/mol. The Hall–Kier alpha value is -2.35. The molecule has 2 aliphatic heterocycles. The minimum atomic E-state index is -1.10. The van der Waals surface area contributed by atoms with Crippen LogP contribution in [0.5, 0.6) is 0 Å². The average Bonchev–Trinajstić information content (AvgIpc) is 3.38. The van der Waals surface area contributed by atoms with Gasteiger partial charge in [0, 0.05) is 36.2 Å². The molecule has 1 spiro atoms. The van der Waals surface area contributed by atoms with Gasteiger partial charge in [-0.15, -0.1) is 0 Å². The highest BCUT2D eigenvalue weighted by atomic mass is 35.5. The van der Waals surface area contributed by atoms with Gasteiger partial charge in [-0.2, -0.15) is 0 Å². The Labute approximate surface area is 186 Å². The van der Waals surface area contributed by atoms with Gasteiger partial charge in [-0.05, 0) is 62.1 Å². The van der Waals surface area contributed by atoms with Gasteiger partial charge in [0.15, 0.2) is 0 Å². The number of nitrogens with zero attached hydrogens (tertiary/aromatic N) is 2. The number of likely N-dealkylation sites (tertiary alicyclic amines) is 2. The molecule has 3 atom stereocenters. The van der Waals surface area contributed by atoms with Crippen molar-refractivity contribution >= 4 is 23.4 Å². The lowest BCUT2D eigenvalue weighted by Gasteiger charge is -2.41. The fraction of sp³-hybridized carbons (Fsp3) is 0.478. The average molecular weight is 447 g/mol. The Morgan fingerprint density at radius 1 is 1.19 bits per heavy atom. The first kappa shape index (κ1) is 21.9. The van der Waals surface area contributed by atoms with Gasteiger partial charge in [0.2, 0.25) is 5.91 Å². The number of carbonyl (C=O) groups is 2. The van der Waals surface area contributed by atoms with E-state index in [1.165, 1.54) is 6.26 Å². The summed E-state index contributed by atoms with van der Waals surface area (Å²) in [4.78, 5) is 31.0. The van der Waals surface area contributed by atoms with Crippen molar-refractivity contribution in [3.63, 3.8) is 0 Å². The lowest BCUT2D eigenvalue weighted by molar-refractivity contribution is -0.142. The van der Waals surface area contributed by atoms with Crippen LogP contribution in [-0.2, 0) is 4.79 Å². The van der Waals surface area contributed by atoms with Crippen LogP contribution in [0.4, 0.5) is 0 Å². The van der Waals surface area contributed by atoms with Crippen molar-refractivity contribution in [2.45, 2.75) is 37.3 Å². The minimum Gasteiger partial charge on any atom is -0.467 e. The van der Waals surface area contributed by atoms with Gasteiger partial charge in [0.05, 0.1) is 18.9 Å². The molecule has 2 aromatic rings. The molecule has 1 aromatic carbocycles. The maximum atomic E-state index is 13.9. The summed E-state index contributed by atoms with van der Waals surface area (Å²) in [5, 5.41) is 20.2. The molecule has 2 aliphatic rings. The smallest absolute Gasteiger partial charge is 0.255 e. The number of amides is 2. The molecule has 0 bridgehead atoms. The number of hydrogen-bond donors (Lipinski definition) is 2. The standard InChI is InChI=1S/C23H27ClN2O5/c24-18-7-5-16(6-8-18)21(29)26-20(19-4-3-13-31-19)17(15-28)14-23(26)9-1-2-10-25(11-12-27)22(23)30/h3-8,13,17,20,27-28H,1-2,9-12,14-15H2/t17-,20-,23+/m1/s1. The second-order valence-corrected chi connectivity index (χ2v) is 8.73. The van der Waals surface area contributed by atoms with E-state index in [2.05, 4.69) is 0 Å². The Morgan fingerprint density at radius 3 is 2.61 bits per heavy atom. The van der Waals surface area contributed by atoms with Crippen molar-refractivity contribution in [2.75, 3.05) is 26.3 Å². The number of rotatable bonds is 5. The Morgan fingerprint density at radius 2 is 1.97 bits per heavy atom. The summed E-state index contributed by atoms with van der Waals surface area (Å²) in [7, 11) is 0. The van der Waals surface area contributed by atoms with Gasteiger partial charge in [0.1, 0.15) is 11.3 Å². The van der Waals surface area contributed by atoms with Crippen molar-refractivity contribution in [3.05, 3.63) is 59.0 Å². The van der Waals surface area contributed by atoms with E-state index in [4.69, 9.17) is 16.0 Å². The van der Waals surface area contributed by atoms with Crippen molar-refractivity contribution < 1.29 is 24.2 Å². The van der Waals surface area contributed by atoms with Crippen LogP contribution in [0.2, 0.25) is 5.02 Å². The summed E-state index contributed by atoms with van der Waals surface area (Å²) in [5.41, 5.74) is -0.683. The Kier molecular flexibility index (Phi) is 6.36. The fourth-order valence-corrected chi connectivity index (χ4v) is 5.25. The summed E-state index contributed by atoms with van der Waals surface area (Å²) in [6, 6.07) is 9.55. The highest BCUT2D eigenvalue weighted by molar-refractivity contribution is 6.30. The molecule has 1 aromatic heterocycles. The molecule has 0 aliphatic carbocycles.